The number of rotatable bonds is 4. The molecule has 0 amide bonds. The molecule has 0 saturated carbocycles. The van der Waals surface area contributed by atoms with Crippen LogP contribution in [-0.2, 0) is 16.1 Å². The van der Waals surface area contributed by atoms with Crippen LogP contribution in [0.2, 0.25) is 0 Å². The van der Waals surface area contributed by atoms with E-state index in [9.17, 15) is 4.79 Å². The van der Waals surface area contributed by atoms with Crippen LogP contribution in [0, 0.1) is 0 Å². The van der Waals surface area contributed by atoms with Gasteiger partial charge >= 0.3 is 5.97 Å². The molecule has 2 heterocycles. The summed E-state index contributed by atoms with van der Waals surface area (Å²) in [5.41, 5.74) is 2.29. The molecule has 0 radical (unpaired) electrons. The molecule has 0 aromatic heterocycles. The van der Waals surface area contributed by atoms with Crippen molar-refractivity contribution >= 4 is 12.3 Å². The first kappa shape index (κ1) is 16.5. The minimum atomic E-state index is -0.357. The Labute approximate surface area is 142 Å². The zero-order valence-corrected chi connectivity index (χ0v) is 14.3. The second kappa shape index (κ2) is 7.05. The normalized spacial score (nSPS) is 23.5. The van der Waals surface area contributed by atoms with Gasteiger partial charge in [-0.25, -0.2) is 4.79 Å². The summed E-state index contributed by atoms with van der Waals surface area (Å²) in [7, 11) is 3.09. The molecular formula is C18H23N3O3. The highest BCUT2D eigenvalue weighted by Gasteiger charge is 2.36. The van der Waals surface area contributed by atoms with E-state index in [1.807, 2.05) is 24.0 Å². The van der Waals surface area contributed by atoms with E-state index in [4.69, 9.17) is 9.47 Å². The van der Waals surface area contributed by atoms with Gasteiger partial charge < -0.3 is 14.4 Å². The molecule has 6 nitrogen and oxygen atoms in total. The number of fused-ring (bicyclic) bond motifs is 1. The van der Waals surface area contributed by atoms with E-state index < -0.39 is 0 Å². The number of aliphatic imine (C=N–C) groups is 1. The van der Waals surface area contributed by atoms with Crippen LogP contribution < -0.4 is 4.74 Å². The lowest BCUT2D eigenvalue weighted by Gasteiger charge is -2.42. The van der Waals surface area contributed by atoms with Crippen LogP contribution in [0.15, 0.2) is 41.0 Å². The highest BCUT2D eigenvalue weighted by atomic mass is 16.5. The minimum absolute atomic E-state index is 0.135. The predicted molar refractivity (Wildman–Crippen MR) is 92.0 cm³/mol. The van der Waals surface area contributed by atoms with Gasteiger partial charge in [-0.1, -0.05) is 12.1 Å². The fourth-order valence-corrected chi connectivity index (χ4v) is 3.13. The number of esters is 1. The number of carbonyl (C=O) groups excluding carboxylic acids is 1. The van der Waals surface area contributed by atoms with Crippen molar-refractivity contribution in [2.75, 3.05) is 27.3 Å². The smallest absolute Gasteiger partial charge is 0.330 e. The fraction of sp³-hybridized carbons (Fsp3) is 0.444. The topological polar surface area (TPSA) is 54.4 Å². The Bertz CT molecular complexity index is 654. The van der Waals surface area contributed by atoms with Gasteiger partial charge in [-0.2, -0.15) is 0 Å². The number of nitrogens with zero attached hydrogens (tertiary/aromatic N) is 3. The van der Waals surface area contributed by atoms with Crippen molar-refractivity contribution in [3.8, 4) is 5.75 Å². The molecule has 0 bridgehead atoms. The summed E-state index contributed by atoms with van der Waals surface area (Å²) < 4.78 is 10.2. The maximum atomic E-state index is 12.2. The van der Waals surface area contributed by atoms with Crippen LogP contribution >= 0.6 is 0 Å². The van der Waals surface area contributed by atoms with Gasteiger partial charge in [0.25, 0.3) is 0 Å². The van der Waals surface area contributed by atoms with Gasteiger partial charge in [0.2, 0.25) is 0 Å². The monoisotopic (exact) mass is 329 g/mol. The number of piperazine rings is 1. The summed E-state index contributed by atoms with van der Waals surface area (Å²) in [5.74, 6) is 0.609. The van der Waals surface area contributed by atoms with E-state index in [-0.39, 0.29) is 18.1 Å². The van der Waals surface area contributed by atoms with Crippen LogP contribution in [0.4, 0.5) is 0 Å². The maximum Gasteiger partial charge on any atom is 0.330 e. The van der Waals surface area contributed by atoms with Gasteiger partial charge in [-0.15, -0.1) is 0 Å². The minimum Gasteiger partial charge on any atom is -0.497 e. The molecule has 0 unspecified atom stereocenters. The van der Waals surface area contributed by atoms with Gasteiger partial charge in [-0.05, 0) is 30.7 Å². The van der Waals surface area contributed by atoms with E-state index in [0.717, 1.165) is 24.5 Å². The maximum absolute atomic E-state index is 12.2. The Morgan fingerprint density at radius 2 is 2.04 bits per heavy atom. The summed E-state index contributed by atoms with van der Waals surface area (Å²) in [5, 5.41) is 0. The standard InChI is InChI=1S/C18H23N3O3/c1-13-8-15-10-20(9-14-4-6-16(23-2)7-5-14)11-17(18(22)24-3)21(15)12-19-13/h4-8,12-13,17H,9-11H2,1-3H3/t13-,17-/m0/s1. The van der Waals surface area contributed by atoms with Crippen LogP contribution in [0.1, 0.15) is 12.5 Å². The van der Waals surface area contributed by atoms with E-state index >= 15 is 0 Å². The molecule has 2 aliphatic heterocycles. The van der Waals surface area contributed by atoms with Crippen molar-refractivity contribution in [2.24, 2.45) is 4.99 Å². The highest BCUT2D eigenvalue weighted by Crippen LogP contribution is 2.24. The van der Waals surface area contributed by atoms with Crippen LogP contribution in [0.25, 0.3) is 0 Å². The van der Waals surface area contributed by atoms with Crippen molar-refractivity contribution in [1.82, 2.24) is 9.80 Å². The summed E-state index contributed by atoms with van der Waals surface area (Å²) in [6.07, 6.45) is 3.88. The van der Waals surface area contributed by atoms with E-state index in [1.165, 1.54) is 12.7 Å². The van der Waals surface area contributed by atoms with Crippen LogP contribution in [-0.4, -0.2) is 61.5 Å². The predicted octanol–water partition coefficient (Wildman–Crippen LogP) is 1.67. The molecule has 1 saturated heterocycles. The quantitative estimate of drug-likeness (QED) is 0.787. The van der Waals surface area contributed by atoms with Gasteiger partial charge in [0.05, 0.1) is 26.6 Å². The fourth-order valence-electron chi connectivity index (χ4n) is 3.13. The van der Waals surface area contributed by atoms with E-state index in [0.29, 0.717) is 6.54 Å². The molecule has 2 aliphatic rings. The Morgan fingerprint density at radius 3 is 2.71 bits per heavy atom. The van der Waals surface area contributed by atoms with Gasteiger partial charge in [0, 0.05) is 25.3 Å². The molecule has 3 rings (SSSR count). The zero-order valence-electron chi connectivity index (χ0n) is 14.3. The first-order valence-corrected chi connectivity index (χ1v) is 8.06. The number of hydrogen-bond acceptors (Lipinski definition) is 6. The second-order valence-corrected chi connectivity index (χ2v) is 6.13. The third-order valence-electron chi connectivity index (χ3n) is 4.38. The Balaban J connectivity index is 1.77. The Morgan fingerprint density at radius 1 is 1.29 bits per heavy atom. The highest BCUT2D eigenvalue weighted by molar-refractivity contribution is 5.81. The number of carbonyl (C=O) groups is 1. The van der Waals surface area contributed by atoms with Crippen molar-refractivity contribution in [3.63, 3.8) is 0 Å². The number of ether oxygens (including phenoxy) is 2. The van der Waals surface area contributed by atoms with Gasteiger partial charge in [0.15, 0.2) is 0 Å². The molecule has 24 heavy (non-hydrogen) atoms. The van der Waals surface area contributed by atoms with Crippen molar-refractivity contribution in [3.05, 3.63) is 41.6 Å². The third-order valence-corrected chi connectivity index (χ3v) is 4.38. The van der Waals surface area contributed by atoms with Crippen molar-refractivity contribution in [1.29, 1.82) is 0 Å². The second-order valence-electron chi connectivity index (χ2n) is 6.13. The number of hydrogen-bond donors (Lipinski definition) is 0. The average Bonchev–Trinajstić information content (AvgIpc) is 2.60. The van der Waals surface area contributed by atoms with Crippen LogP contribution in [0.3, 0.4) is 0 Å². The molecule has 0 N–H and O–H groups in total. The summed E-state index contributed by atoms with van der Waals surface area (Å²) in [4.78, 5) is 20.8. The summed E-state index contributed by atoms with van der Waals surface area (Å²) >= 11 is 0. The summed E-state index contributed by atoms with van der Waals surface area (Å²) in [6, 6.07) is 7.80. The van der Waals surface area contributed by atoms with Gasteiger partial charge in [-0.3, -0.25) is 9.89 Å². The van der Waals surface area contributed by atoms with Crippen molar-refractivity contribution < 1.29 is 14.3 Å². The summed E-state index contributed by atoms with van der Waals surface area (Å²) in [6.45, 7) is 4.21. The lowest BCUT2D eigenvalue weighted by molar-refractivity contribution is -0.146. The molecule has 6 heteroatoms. The Kier molecular flexibility index (Phi) is 4.85. The number of methoxy groups -OCH3 is 2. The Hall–Kier alpha value is -2.34. The number of benzene rings is 1. The van der Waals surface area contributed by atoms with E-state index in [1.54, 1.807) is 13.4 Å². The first-order valence-electron chi connectivity index (χ1n) is 8.06. The van der Waals surface area contributed by atoms with Gasteiger partial charge in [0.1, 0.15) is 11.8 Å². The lowest BCUT2D eigenvalue weighted by atomic mass is 10.1. The largest absolute Gasteiger partial charge is 0.497 e. The van der Waals surface area contributed by atoms with Crippen molar-refractivity contribution in [2.45, 2.75) is 25.6 Å². The molecule has 2 atom stereocenters. The third kappa shape index (κ3) is 3.43. The molecule has 1 aromatic carbocycles. The zero-order chi connectivity index (χ0) is 17.1. The van der Waals surface area contributed by atoms with E-state index in [2.05, 4.69) is 28.1 Å². The average molecular weight is 329 g/mol. The molecular weight excluding hydrogens is 306 g/mol. The molecule has 1 fully saturated rings. The SMILES string of the molecule is COC(=O)[C@@H]1CN(Cc2ccc(OC)cc2)CC2=C[C@H](C)N=CN21. The molecule has 0 aliphatic carbocycles. The first-order chi connectivity index (χ1) is 11.6. The molecule has 1 aromatic rings. The molecule has 0 spiro atoms. The lowest BCUT2D eigenvalue weighted by Crippen LogP contribution is -2.55. The molecule has 128 valence electrons. The van der Waals surface area contributed by atoms with Crippen LogP contribution in [0.5, 0.6) is 5.75 Å².